The summed E-state index contributed by atoms with van der Waals surface area (Å²) in [4.78, 5) is 12.7. The number of nitrogens with one attached hydrogen (secondary N) is 1. The van der Waals surface area contributed by atoms with Gasteiger partial charge in [0.2, 0.25) is 0 Å². The third kappa shape index (κ3) is 3.01. The molecule has 8 heteroatoms. The minimum Gasteiger partial charge on any atom is -0.393 e. The van der Waals surface area contributed by atoms with Crippen LogP contribution >= 0.6 is 0 Å². The first-order valence-corrected chi connectivity index (χ1v) is 8.40. The molecule has 2 aromatic heterocycles. The van der Waals surface area contributed by atoms with Crippen LogP contribution in [-0.2, 0) is 0 Å². The van der Waals surface area contributed by atoms with Crippen molar-refractivity contribution in [2.24, 2.45) is 0 Å². The summed E-state index contributed by atoms with van der Waals surface area (Å²) in [6.07, 6.45) is 1.34. The molecule has 4 aromatic rings. The van der Waals surface area contributed by atoms with E-state index >= 15 is 0 Å². The van der Waals surface area contributed by atoms with Gasteiger partial charge in [-0.15, -0.1) is 0 Å². The number of fused-ring (bicyclic) bond motifs is 1. The Hall–Kier alpha value is -3.68. The maximum atomic E-state index is 13.9. The van der Waals surface area contributed by atoms with Crippen LogP contribution < -0.4 is 16.8 Å². The summed E-state index contributed by atoms with van der Waals surface area (Å²) in [5.74, 6) is 1.00. The minimum absolute atomic E-state index is 0.207. The molecule has 136 valence electrons. The van der Waals surface area contributed by atoms with Gasteiger partial charge < -0.3 is 16.8 Å². The molecule has 27 heavy (non-hydrogen) atoms. The van der Waals surface area contributed by atoms with E-state index in [1.165, 1.54) is 18.5 Å². The number of hydrogen-bond donors (Lipinski definition) is 3. The molecule has 0 bridgehead atoms. The lowest BCUT2D eigenvalue weighted by molar-refractivity contribution is 0.629. The minimum atomic E-state index is -0.320. The van der Waals surface area contributed by atoms with Gasteiger partial charge in [0.1, 0.15) is 23.7 Å². The fraction of sp³-hybridized carbons (Fsp3) is 0.105. The standard InChI is InChI=1S/C19H18FN7/c1-11(25-18-16(21)17(22)23-10-24-18)19-26-14-8-7-12(20)9-15(14)27(19)13-5-3-2-4-6-13/h2-11H,21H2,1H3,(H3,22,23,24,25)/t11-/m1/s1. The van der Waals surface area contributed by atoms with Gasteiger partial charge in [0, 0.05) is 11.8 Å². The molecule has 7 nitrogen and oxygen atoms in total. The lowest BCUT2D eigenvalue weighted by Gasteiger charge is -2.18. The molecule has 0 aliphatic carbocycles. The van der Waals surface area contributed by atoms with Crippen molar-refractivity contribution in [3.63, 3.8) is 0 Å². The number of nitrogens with zero attached hydrogens (tertiary/aromatic N) is 4. The molecule has 0 fully saturated rings. The van der Waals surface area contributed by atoms with Crippen LogP contribution in [0.4, 0.5) is 21.7 Å². The monoisotopic (exact) mass is 363 g/mol. The van der Waals surface area contributed by atoms with Crippen molar-refractivity contribution < 1.29 is 4.39 Å². The van der Waals surface area contributed by atoms with Gasteiger partial charge in [-0.1, -0.05) is 18.2 Å². The van der Waals surface area contributed by atoms with E-state index in [-0.39, 0.29) is 23.4 Å². The molecule has 4 rings (SSSR count). The quantitative estimate of drug-likeness (QED) is 0.513. The molecule has 0 saturated carbocycles. The van der Waals surface area contributed by atoms with Gasteiger partial charge in [-0.2, -0.15) is 0 Å². The van der Waals surface area contributed by atoms with E-state index < -0.39 is 0 Å². The zero-order chi connectivity index (χ0) is 19.0. The maximum Gasteiger partial charge on any atom is 0.155 e. The molecule has 0 radical (unpaired) electrons. The number of hydrogen-bond acceptors (Lipinski definition) is 6. The summed E-state index contributed by atoms with van der Waals surface area (Å²) in [7, 11) is 0. The number of para-hydroxylation sites is 1. The molecule has 0 saturated heterocycles. The van der Waals surface area contributed by atoms with Crippen molar-refractivity contribution in [2.75, 3.05) is 16.8 Å². The molecule has 0 aliphatic heterocycles. The van der Waals surface area contributed by atoms with Gasteiger partial charge in [0.05, 0.1) is 17.1 Å². The fourth-order valence-corrected chi connectivity index (χ4v) is 3.00. The van der Waals surface area contributed by atoms with Crippen LogP contribution in [0.25, 0.3) is 16.7 Å². The number of nitrogen functional groups attached to an aromatic ring is 2. The average molecular weight is 363 g/mol. The van der Waals surface area contributed by atoms with Gasteiger partial charge in [-0.3, -0.25) is 4.57 Å². The highest BCUT2D eigenvalue weighted by Gasteiger charge is 2.20. The number of imidazole rings is 1. The second-order valence-corrected chi connectivity index (χ2v) is 6.16. The van der Waals surface area contributed by atoms with E-state index in [1.807, 2.05) is 41.8 Å². The highest BCUT2D eigenvalue weighted by atomic mass is 19.1. The number of nitrogens with two attached hydrogens (primary N) is 2. The van der Waals surface area contributed by atoms with E-state index in [1.54, 1.807) is 6.07 Å². The van der Waals surface area contributed by atoms with Crippen molar-refractivity contribution in [2.45, 2.75) is 13.0 Å². The van der Waals surface area contributed by atoms with Crippen molar-refractivity contribution in [1.82, 2.24) is 19.5 Å². The van der Waals surface area contributed by atoms with E-state index in [4.69, 9.17) is 16.5 Å². The Bertz CT molecular complexity index is 1110. The highest BCUT2D eigenvalue weighted by Crippen LogP contribution is 2.29. The summed E-state index contributed by atoms with van der Waals surface area (Å²) < 4.78 is 15.8. The predicted octanol–water partition coefficient (Wildman–Crippen LogP) is 3.29. The Morgan fingerprint density at radius 2 is 1.85 bits per heavy atom. The maximum absolute atomic E-state index is 13.9. The Labute approximate surface area is 154 Å². The van der Waals surface area contributed by atoms with Crippen LogP contribution in [0.1, 0.15) is 18.8 Å². The summed E-state index contributed by atoms with van der Waals surface area (Å²) in [5.41, 5.74) is 14.2. The molecule has 0 spiro atoms. The topological polar surface area (TPSA) is 108 Å². The fourth-order valence-electron chi connectivity index (χ4n) is 3.00. The zero-order valence-electron chi connectivity index (χ0n) is 14.6. The van der Waals surface area contributed by atoms with Crippen molar-refractivity contribution in [3.05, 3.63) is 66.5 Å². The molecule has 2 heterocycles. The Balaban J connectivity index is 1.84. The lowest BCUT2D eigenvalue weighted by Crippen LogP contribution is -2.15. The number of rotatable bonds is 4. The third-order valence-corrected chi connectivity index (χ3v) is 4.31. The van der Waals surface area contributed by atoms with Gasteiger partial charge in [0.25, 0.3) is 0 Å². The Morgan fingerprint density at radius 3 is 2.63 bits per heavy atom. The van der Waals surface area contributed by atoms with Crippen LogP contribution in [0.5, 0.6) is 0 Å². The third-order valence-electron chi connectivity index (χ3n) is 4.31. The molecule has 5 N–H and O–H groups in total. The predicted molar refractivity (Wildman–Crippen MR) is 104 cm³/mol. The number of anilines is 3. The normalized spacial score (nSPS) is 12.2. The smallest absolute Gasteiger partial charge is 0.155 e. The molecule has 1 atom stereocenters. The molecule has 0 aliphatic rings. The summed E-state index contributed by atoms with van der Waals surface area (Å²) in [6, 6.07) is 13.9. The van der Waals surface area contributed by atoms with Gasteiger partial charge in [-0.25, -0.2) is 19.3 Å². The first-order valence-electron chi connectivity index (χ1n) is 8.40. The Kier molecular flexibility index (Phi) is 4.08. The average Bonchev–Trinajstić information content (AvgIpc) is 3.05. The van der Waals surface area contributed by atoms with Crippen LogP contribution in [0, 0.1) is 5.82 Å². The van der Waals surface area contributed by atoms with E-state index in [0.717, 1.165) is 5.69 Å². The molecule has 2 aromatic carbocycles. The van der Waals surface area contributed by atoms with Gasteiger partial charge in [-0.05, 0) is 31.2 Å². The van der Waals surface area contributed by atoms with Crippen molar-refractivity contribution in [1.29, 1.82) is 0 Å². The first-order chi connectivity index (χ1) is 13.0. The number of aromatic nitrogens is 4. The molecular weight excluding hydrogens is 345 g/mol. The van der Waals surface area contributed by atoms with E-state index in [0.29, 0.717) is 22.7 Å². The van der Waals surface area contributed by atoms with Crippen LogP contribution in [-0.4, -0.2) is 19.5 Å². The first kappa shape index (κ1) is 16.8. The molecule has 0 unspecified atom stereocenters. The van der Waals surface area contributed by atoms with Crippen molar-refractivity contribution >= 4 is 28.4 Å². The largest absolute Gasteiger partial charge is 0.393 e. The van der Waals surface area contributed by atoms with Gasteiger partial charge >= 0.3 is 0 Å². The van der Waals surface area contributed by atoms with E-state index in [2.05, 4.69) is 15.3 Å². The molecule has 0 amide bonds. The SMILES string of the molecule is C[C@@H](Nc1ncnc(N)c1N)c1nc2ccc(F)cc2n1-c1ccccc1. The Morgan fingerprint density at radius 1 is 1.07 bits per heavy atom. The van der Waals surface area contributed by atoms with Crippen LogP contribution in [0.2, 0.25) is 0 Å². The lowest BCUT2D eigenvalue weighted by atomic mass is 10.2. The number of halogens is 1. The zero-order valence-corrected chi connectivity index (χ0v) is 14.6. The second kappa shape index (κ2) is 6.56. The second-order valence-electron chi connectivity index (χ2n) is 6.16. The van der Waals surface area contributed by atoms with Gasteiger partial charge in [0.15, 0.2) is 11.6 Å². The highest BCUT2D eigenvalue weighted by molar-refractivity contribution is 5.79. The summed E-state index contributed by atoms with van der Waals surface area (Å²) in [6.45, 7) is 1.93. The van der Waals surface area contributed by atoms with Crippen molar-refractivity contribution in [3.8, 4) is 5.69 Å². The summed E-state index contributed by atoms with van der Waals surface area (Å²) in [5, 5.41) is 3.22. The van der Waals surface area contributed by atoms with Crippen LogP contribution in [0.15, 0.2) is 54.9 Å². The van der Waals surface area contributed by atoms with E-state index in [9.17, 15) is 4.39 Å². The van der Waals surface area contributed by atoms with Crippen LogP contribution in [0.3, 0.4) is 0 Å². The number of benzene rings is 2. The summed E-state index contributed by atoms with van der Waals surface area (Å²) >= 11 is 0. The molecular formula is C19H18FN7.